The van der Waals surface area contributed by atoms with E-state index in [2.05, 4.69) is 5.32 Å². The lowest BCUT2D eigenvalue weighted by molar-refractivity contribution is -0.151. The Morgan fingerprint density at radius 2 is 2.00 bits per heavy atom. The van der Waals surface area contributed by atoms with Gasteiger partial charge in [0.1, 0.15) is 0 Å². The number of aliphatic carboxylic acids is 1. The van der Waals surface area contributed by atoms with Crippen LogP contribution < -0.4 is 5.32 Å². The van der Waals surface area contributed by atoms with E-state index in [1.807, 2.05) is 0 Å². The van der Waals surface area contributed by atoms with Gasteiger partial charge in [-0.05, 0) is 19.3 Å². The molecule has 0 aromatic heterocycles. The first-order chi connectivity index (χ1) is 8.10. The minimum Gasteiger partial charge on any atom is -0.481 e. The molecule has 0 heterocycles. The maximum Gasteiger partial charge on any atom is 0.310 e. The standard InChI is InChI=1S/C12H21NO4/c1-17-8-4-7-13-10(14)9-12(11(15)16)5-2-3-6-12/h2-9H2,1H3,(H,13,14)(H,15,16). The molecule has 1 saturated carbocycles. The lowest BCUT2D eigenvalue weighted by Crippen LogP contribution is -2.36. The number of carbonyl (C=O) groups excluding carboxylic acids is 1. The summed E-state index contributed by atoms with van der Waals surface area (Å²) in [5.41, 5.74) is -0.814. The summed E-state index contributed by atoms with van der Waals surface area (Å²) in [6, 6.07) is 0. The second-order valence-corrected chi connectivity index (χ2v) is 4.67. The van der Waals surface area contributed by atoms with Gasteiger partial charge in [0, 0.05) is 26.7 Å². The number of carboxylic acids is 1. The van der Waals surface area contributed by atoms with E-state index in [4.69, 9.17) is 4.74 Å². The van der Waals surface area contributed by atoms with E-state index in [0.717, 1.165) is 19.3 Å². The number of carboxylic acid groups (broad SMARTS) is 1. The largest absolute Gasteiger partial charge is 0.481 e. The van der Waals surface area contributed by atoms with Crippen LogP contribution in [0.1, 0.15) is 38.5 Å². The van der Waals surface area contributed by atoms with Crippen molar-refractivity contribution < 1.29 is 19.4 Å². The zero-order valence-electron chi connectivity index (χ0n) is 10.3. The molecular formula is C12H21NO4. The molecule has 2 N–H and O–H groups in total. The molecule has 5 heteroatoms. The molecule has 1 aliphatic carbocycles. The molecule has 0 aliphatic heterocycles. The van der Waals surface area contributed by atoms with E-state index in [1.54, 1.807) is 7.11 Å². The number of methoxy groups -OCH3 is 1. The van der Waals surface area contributed by atoms with Gasteiger partial charge in [-0.25, -0.2) is 0 Å². The second-order valence-electron chi connectivity index (χ2n) is 4.67. The number of nitrogens with one attached hydrogen (secondary N) is 1. The van der Waals surface area contributed by atoms with Crippen molar-refractivity contribution in [3.05, 3.63) is 0 Å². The first-order valence-electron chi connectivity index (χ1n) is 6.10. The van der Waals surface area contributed by atoms with Crippen LogP contribution in [0.3, 0.4) is 0 Å². The molecule has 0 atom stereocenters. The molecular weight excluding hydrogens is 222 g/mol. The van der Waals surface area contributed by atoms with Crippen molar-refractivity contribution in [2.45, 2.75) is 38.5 Å². The minimum absolute atomic E-state index is 0.106. The number of ether oxygens (including phenoxy) is 1. The molecule has 0 spiro atoms. The van der Waals surface area contributed by atoms with Crippen LogP contribution >= 0.6 is 0 Å². The Kier molecular flexibility index (Phi) is 5.41. The normalized spacial score (nSPS) is 17.9. The van der Waals surface area contributed by atoms with E-state index in [1.165, 1.54) is 0 Å². The summed E-state index contributed by atoms with van der Waals surface area (Å²) in [4.78, 5) is 22.9. The summed E-state index contributed by atoms with van der Waals surface area (Å²) in [7, 11) is 1.61. The Morgan fingerprint density at radius 3 is 2.53 bits per heavy atom. The van der Waals surface area contributed by atoms with Crippen LogP contribution in [0.4, 0.5) is 0 Å². The lowest BCUT2D eigenvalue weighted by Gasteiger charge is -2.22. The molecule has 0 saturated heterocycles. The molecule has 0 unspecified atom stereocenters. The summed E-state index contributed by atoms with van der Waals surface area (Å²) in [5.74, 6) is -0.993. The predicted molar refractivity (Wildman–Crippen MR) is 62.7 cm³/mol. The lowest BCUT2D eigenvalue weighted by atomic mass is 9.82. The van der Waals surface area contributed by atoms with Gasteiger partial charge in [-0.2, -0.15) is 0 Å². The maximum absolute atomic E-state index is 11.7. The van der Waals surface area contributed by atoms with Crippen LogP contribution in [0.15, 0.2) is 0 Å². The highest BCUT2D eigenvalue weighted by Gasteiger charge is 2.42. The Hall–Kier alpha value is -1.10. The van der Waals surface area contributed by atoms with Crippen LogP contribution in [0.5, 0.6) is 0 Å². The molecule has 17 heavy (non-hydrogen) atoms. The quantitative estimate of drug-likeness (QED) is 0.658. The fraction of sp³-hybridized carbons (Fsp3) is 0.833. The van der Waals surface area contributed by atoms with Gasteiger partial charge in [0.25, 0.3) is 0 Å². The summed E-state index contributed by atoms with van der Waals surface area (Å²) in [6.07, 6.45) is 3.91. The highest BCUT2D eigenvalue weighted by atomic mass is 16.5. The monoisotopic (exact) mass is 243 g/mol. The third kappa shape index (κ3) is 4.00. The van der Waals surface area contributed by atoms with Crippen molar-refractivity contribution in [2.24, 2.45) is 5.41 Å². The highest BCUT2D eigenvalue weighted by molar-refractivity contribution is 5.85. The van der Waals surface area contributed by atoms with Gasteiger partial charge in [-0.1, -0.05) is 12.8 Å². The highest BCUT2D eigenvalue weighted by Crippen LogP contribution is 2.41. The Balaban J connectivity index is 2.35. The molecule has 0 aromatic carbocycles. The van der Waals surface area contributed by atoms with Crippen LogP contribution in [-0.2, 0) is 14.3 Å². The van der Waals surface area contributed by atoms with Gasteiger partial charge in [-0.15, -0.1) is 0 Å². The molecule has 5 nitrogen and oxygen atoms in total. The van der Waals surface area contributed by atoms with E-state index in [0.29, 0.717) is 26.0 Å². The first kappa shape index (κ1) is 14.0. The average Bonchev–Trinajstić information content (AvgIpc) is 2.74. The van der Waals surface area contributed by atoms with Crippen molar-refractivity contribution in [3.8, 4) is 0 Å². The Bertz CT molecular complexity index is 272. The fourth-order valence-corrected chi connectivity index (χ4v) is 2.33. The van der Waals surface area contributed by atoms with Gasteiger partial charge in [0.2, 0.25) is 5.91 Å². The third-order valence-corrected chi connectivity index (χ3v) is 3.36. The van der Waals surface area contributed by atoms with Crippen molar-refractivity contribution in [1.82, 2.24) is 5.32 Å². The zero-order valence-corrected chi connectivity index (χ0v) is 10.3. The molecule has 0 bridgehead atoms. The van der Waals surface area contributed by atoms with E-state index in [-0.39, 0.29) is 12.3 Å². The molecule has 0 radical (unpaired) electrons. The van der Waals surface area contributed by atoms with Crippen molar-refractivity contribution >= 4 is 11.9 Å². The Labute approximate surface area is 102 Å². The summed E-state index contributed by atoms with van der Waals surface area (Å²) < 4.78 is 4.87. The summed E-state index contributed by atoms with van der Waals surface area (Å²) >= 11 is 0. The summed E-state index contributed by atoms with van der Waals surface area (Å²) in [5, 5.41) is 12.0. The molecule has 1 rings (SSSR count). The summed E-state index contributed by atoms with van der Waals surface area (Å²) in [6.45, 7) is 1.15. The van der Waals surface area contributed by atoms with Crippen LogP contribution in [-0.4, -0.2) is 37.2 Å². The second kappa shape index (κ2) is 6.59. The third-order valence-electron chi connectivity index (χ3n) is 3.36. The fourth-order valence-electron chi connectivity index (χ4n) is 2.33. The number of amides is 1. The molecule has 1 fully saturated rings. The predicted octanol–water partition coefficient (Wildman–Crippen LogP) is 1.17. The zero-order chi connectivity index (χ0) is 12.7. The van der Waals surface area contributed by atoms with Crippen molar-refractivity contribution in [2.75, 3.05) is 20.3 Å². The molecule has 0 aromatic rings. The van der Waals surface area contributed by atoms with Gasteiger partial charge >= 0.3 is 5.97 Å². The minimum atomic E-state index is -0.831. The van der Waals surface area contributed by atoms with Crippen LogP contribution in [0, 0.1) is 5.41 Å². The van der Waals surface area contributed by atoms with E-state index in [9.17, 15) is 14.7 Å². The molecule has 98 valence electrons. The number of hydrogen-bond donors (Lipinski definition) is 2. The van der Waals surface area contributed by atoms with Gasteiger partial charge in [0.05, 0.1) is 5.41 Å². The van der Waals surface area contributed by atoms with Crippen LogP contribution in [0.2, 0.25) is 0 Å². The molecule has 1 amide bonds. The first-order valence-corrected chi connectivity index (χ1v) is 6.10. The Morgan fingerprint density at radius 1 is 1.35 bits per heavy atom. The maximum atomic E-state index is 11.7. The van der Waals surface area contributed by atoms with Gasteiger partial charge in [-0.3, -0.25) is 9.59 Å². The van der Waals surface area contributed by atoms with Gasteiger partial charge in [0.15, 0.2) is 0 Å². The molecule has 1 aliphatic rings. The number of carbonyl (C=O) groups is 2. The van der Waals surface area contributed by atoms with Crippen molar-refractivity contribution in [3.63, 3.8) is 0 Å². The smallest absolute Gasteiger partial charge is 0.310 e. The topological polar surface area (TPSA) is 75.6 Å². The van der Waals surface area contributed by atoms with E-state index < -0.39 is 11.4 Å². The van der Waals surface area contributed by atoms with E-state index >= 15 is 0 Å². The average molecular weight is 243 g/mol. The number of rotatable bonds is 7. The van der Waals surface area contributed by atoms with Gasteiger partial charge < -0.3 is 15.2 Å². The van der Waals surface area contributed by atoms with Crippen LogP contribution in [0.25, 0.3) is 0 Å². The SMILES string of the molecule is COCCCNC(=O)CC1(C(=O)O)CCCC1. The number of hydrogen-bond acceptors (Lipinski definition) is 3. The van der Waals surface area contributed by atoms with Crippen molar-refractivity contribution in [1.29, 1.82) is 0 Å².